The molecule has 144 valence electrons. The van der Waals surface area contributed by atoms with Crippen molar-refractivity contribution in [3.05, 3.63) is 46.6 Å². The van der Waals surface area contributed by atoms with Gasteiger partial charge >= 0.3 is 11.9 Å². The lowest BCUT2D eigenvalue weighted by Gasteiger charge is -2.11. The van der Waals surface area contributed by atoms with E-state index in [1.807, 2.05) is 0 Å². The zero-order valence-corrected chi connectivity index (χ0v) is 15.3. The Balaban J connectivity index is 2.16. The number of methoxy groups -OCH3 is 1. The van der Waals surface area contributed by atoms with E-state index in [4.69, 9.17) is 18.6 Å². The Labute approximate surface area is 158 Å². The van der Waals surface area contributed by atoms with Crippen LogP contribution >= 0.6 is 0 Å². The third-order valence-electron chi connectivity index (χ3n) is 3.73. The first kappa shape index (κ1) is 19.0. The monoisotopic (exact) mass is 384 g/mol. The highest BCUT2D eigenvalue weighted by atomic mass is 16.6. The summed E-state index contributed by atoms with van der Waals surface area (Å²) < 4.78 is 21.0. The number of phenolic OH excluding ortho intramolecular Hbond substituents is 1. The third-order valence-corrected chi connectivity index (χ3v) is 3.73. The van der Waals surface area contributed by atoms with Gasteiger partial charge in [0.2, 0.25) is 0 Å². The fraction of sp³-hybridized carbons (Fsp3) is 0.150. The Morgan fingerprint density at radius 2 is 1.61 bits per heavy atom. The van der Waals surface area contributed by atoms with Crippen LogP contribution in [0.4, 0.5) is 0 Å². The van der Waals surface area contributed by atoms with Crippen LogP contribution in [0.25, 0.3) is 22.3 Å². The second-order valence-corrected chi connectivity index (χ2v) is 5.84. The number of benzene rings is 2. The third kappa shape index (κ3) is 3.80. The van der Waals surface area contributed by atoms with Crippen LogP contribution in [-0.4, -0.2) is 24.2 Å². The van der Waals surface area contributed by atoms with Gasteiger partial charge in [0.15, 0.2) is 16.9 Å². The number of hydrogen-bond donors (Lipinski definition) is 1. The molecule has 0 saturated carbocycles. The average Bonchev–Trinajstić information content (AvgIpc) is 2.60. The largest absolute Gasteiger partial charge is 0.508 e. The van der Waals surface area contributed by atoms with Crippen molar-refractivity contribution >= 4 is 22.9 Å². The van der Waals surface area contributed by atoms with Crippen molar-refractivity contribution in [3.63, 3.8) is 0 Å². The molecule has 0 radical (unpaired) electrons. The normalized spacial score (nSPS) is 10.5. The Morgan fingerprint density at radius 3 is 2.25 bits per heavy atom. The van der Waals surface area contributed by atoms with Crippen LogP contribution in [0, 0.1) is 0 Å². The molecule has 0 bridgehead atoms. The molecule has 8 nitrogen and oxygen atoms in total. The summed E-state index contributed by atoms with van der Waals surface area (Å²) in [7, 11) is 1.41. The fourth-order valence-electron chi connectivity index (χ4n) is 2.68. The molecule has 0 amide bonds. The number of aromatic hydroxyl groups is 1. The summed E-state index contributed by atoms with van der Waals surface area (Å²) in [6.07, 6.45) is 0. The minimum absolute atomic E-state index is 0.0280. The molecule has 1 aromatic heterocycles. The van der Waals surface area contributed by atoms with Gasteiger partial charge in [0.25, 0.3) is 0 Å². The maximum absolute atomic E-state index is 12.6. The van der Waals surface area contributed by atoms with E-state index in [1.165, 1.54) is 45.2 Å². The van der Waals surface area contributed by atoms with Gasteiger partial charge in [0, 0.05) is 37.6 Å². The molecule has 0 aliphatic heterocycles. The first-order valence-corrected chi connectivity index (χ1v) is 8.14. The van der Waals surface area contributed by atoms with Gasteiger partial charge in [-0.2, -0.15) is 0 Å². The molecule has 0 unspecified atom stereocenters. The van der Waals surface area contributed by atoms with Gasteiger partial charge in [-0.05, 0) is 18.2 Å². The van der Waals surface area contributed by atoms with Gasteiger partial charge in [-0.1, -0.05) is 0 Å². The van der Waals surface area contributed by atoms with Crippen LogP contribution in [0.2, 0.25) is 0 Å². The lowest BCUT2D eigenvalue weighted by Crippen LogP contribution is -2.07. The van der Waals surface area contributed by atoms with Crippen LogP contribution < -0.4 is 19.6 Å². The molecule has 3 rings (SSSR count). The Hall–Kier alpha value is -3.81. The highest BCUT2D eigenvalue weighted by molar-refractivity contribution is 5.88. The molecule has 1 heterocycles. The first-order valence-electron chi connectivity index (χ1n) is 8.14. The number of carbonyl (C=O) groups is 2. The molecule has 0 atom stereocenters. The topological polar surface area (TPSA) is 112 Å². The molecule has 0 fully saturated rings. The number of fused-ring (bicyclic) bond motifs is 1. The van der Waals surface area contributed by atoms with Crippen molar-refractivity contribution in [3.8, 4) is 34.3 Å². The Bertz CT molecular complexity index is 1140. The van der Waals surface area contributed by atoms with Crippen molar-refractivity contribution in [1.82, 2.24) is 0 Å². The second-order valence-electron chi connectivity index (χ2n) is 5.84. The molecule has 0 aliphatic carbocycles. The van der Waals surface area contributed by atoms with E-state index in [2.05, 4.69) is 0 Å². The second kappa shape index (κ2) is 7.43. The summed E-state index contributed by atoms with van der Waals surface area (Å²) in [5.41, 5.74) is 0.0569. The Kier molecular flexibility index (Phi) is 5.04. The first-order chi connectivity index (χ1) is 13.3. The van der Waals surface area contributed by atoms with E-state index in [0.717, 1.165) is 6.07 Å². The van der Waals surface area contributed by atoms with Crippen LogP contribution in [0.5, 0.6) is 23.0 Å². The highest BCUT2D eigenvalue weighted by Gasteiger charge is 2.16. The summed E-state index contributed by atoms with van der Waals surface area (Å²) in [5, 5.41) is 9.89. The van der Waals surface area contributed by atoms with Gasteiger partial charge in [-0.25, -0.2) is 0 Å². The van der Waals surface area contributed by atoms with Crippen LogP contribution in [0.1, 0.15) is 13.8 Å². The molecule has 1 N–H and O–H groups in total. The van der Waals surface area contributed by atoms with E-state index in [-0.39, 0.29) is 39.7 Å². The summed E-state index contributed by atoms with van der Waals surface area (Å²) in [4.78, 5) is 35.1. The molecule has 0 aliphatic rings. The molecule has 0 saturated heterocycles. The number of ether oxygens (including phenoxy) is 3. The maximum atomic E-state index is 12.6. The zero-order valence-electron chi connectivity index (χ0n) is 15.3. The minimum Gasteiger partial charge on any atom is -0.508 e. The van der Waals surface area contributed by atoms with E-state index in [9.17, 15) is 19.5 Å². The molecule has 0 spiro atoms. The smallest absolute Gasteiger partial charge is 0.308 e. The minimum atomic E-state index is -0.638. The van der Waals surface area contributed by atoms with Crippen molar-refractivity contribution in [2.24, 2.45) is 0 Å². The fourth-order valence-corrected chi connectivity index (χ4v) is 2.68. The molecule has 2 aromatic carbocycles. The summed E-state index contributed by atoms with van der Waals surface area (Å²) in [6, 6.07) is 8.27. The van der Waals surface area contributed by atoms with Crippen LogP contribution in [0.3, 0.4) is 0 Å². The van der Waals surface area contributed by atoms with Crippen molar-refractivity contribution < 1.29 is 33.3 Å². The van der Waals surface area contributed by atoms with Crippen LogP contribution in [0.15, 0.2) is 45.6 Å². The van der Waals surface area contributed by atoms with Gasteiger partial charge in [-0.3, -0.25) is 14.4 Å². The number of phenols is 1. The molecule has 8 heteroatoms. The number of carbonyl (C=O) groups excluding carboxylic acids is 2. The summed E-state index contributed by atoms with van der Waals surface area (Å²) in [6.45, 7) is 2.45. The van der Waals surface area contributed by atoms with E-state index < -0.39 is 17.4 Å². The highest BCUT2D eigenvalue weighted by Crippen LogP contribution is 2.35. The number of esters is 2. The van der Waals surface area contributed by atoms with Gasteiger partial charge < -0.3 is 23.7 Å². The van der Waals surface area contributed by atoms with Crippen molar-refractivity contribution in [2.75, 3.05) is 7.11 Å². The Morgan fingerprint density at radius 1 is 0.929 bits per heavy atom. The maximum Gasteiger partial charge on any atom is 0.308 e. The van der Waals surface area contributed by atoms with Crippen LogP contribution in [-0.2, 0) is 9.59 Å². The predicted octanol–water partition coefficient (Wildman–Crippen LogP) is 3.02. The number of hydrogen-bond acceptors (Lipinski definition) is 8. The average molecular weight is 384 g/mol. The summed E-state index contributed by atoms with van der Waals surface area (Å²) >= 11 is 0. The van der Waals surface area contributed by atoms with E-state index in [1.54, 1.807) is 6.07 Å². The molecule has 3 aromatic rings. The lowest BCUT2D eigenvalue weighted by molar-refractivity contribution is -0.132. The standard InChI is InChI=1S/C20H16O8/c1-10(21)26-15-5-4-12(6-17(15)25-3)16-9-14(24)20-18(27-11(2)22)7-13(23)8-19(20)28-16/h4-9,23H,1-3H3. The van der Waals surface area contributed by atoms with Gasteiger partial charge in [0.1, 0.15) is 28.2 Å². The SMILES string of the molecule is COc1cc(-c2cc(=O)c3c(OC(C)=O)cc(O)cc3o2)ccc1OC(C)=O. The van der Waals surface area contributed by atoms with Crippen molar-refractivity contribution in [2.45, 2.75) is 13.8 Å². The number of rotatable bonds is 4. The van der Waals surface area contributed by atoms with E-state index in [0.29, 0.717) is 5.56 Å². The molecular formula is C20H16O8. The lowest BCUT2D eigenvalue weighted by atomic mass is 10.1. The molecule has 28 heavy (non-hydrogen) atoms. The van der Waals surface area contributed by atoms with Gasteiger partial charge in [0.05, 0.1) is 7.11 Å². The molecular weight excluding hydrogens is 368 g/mol. The van der Waals surface area contributed by atoms with Crippen molar-refractivity contribution in [1.29, 1.82) is 0 Å². The summed E-state index contributed by atoms with van der Waals surface area (Å²) in [5.74, 6) is -0.788. The zero-order chi connectivity index (χ0) is 20.4. The quantitative estimate of drug-likeness (QED) is 0.540. The van der Waals surface area contributed by atoms with Gasteiger partial charge in [-0.15, -0.1) is 0 Å². The predicted molar refractivity (Wildman–Crippen MR) is 98.8 cm³/mol. The van der Waals surface area contributed by atoms with E-state index >= 15 is 0 Å².